The Morgan fingerprint density at radius 1 is 0.615 bits per heavy atom. The normalized spacial score (nSPS) is 1.85. The van der Waals surface area contributed by atoms with Crippen LogP contribution >= 0.6 is 0 Å². The summed E-state index contributed by atoms with van der Waals surface area (Å²) < 4.78 is 8.74. The SMILES string of the molecule is O.O.O.O.O.O.O.O.O=[Si](O)O.[NaH]. The van der Waals surface area contributed by atoms with Crippen LogP contribution in [0.2, 0.25) is 0 Å². The van der Waals surface area contributed by atoms with Gasteiger partial charge in [0.25, 0.3) is 0 Å². The second-order valence-electron chi connectivity index (χ2n) is 0.283. The van der Waals surface area contributed by atoms with Gasteiger partial charge in [0.2, 0.25) is 0 Å². The van der Waals surface area contributed by atoms with Gasteiger partial charge < -0.3 is 53.4 Å². The molecule has 18 N–H and O–H groups in total. The van der Waals surface area contributed by atoms with Crippen LogP contribution < -0.4 is 0 Å². The molecule has 0 saturated heterocycles. The van der Waals surface area contributed by atoms with Crippen molar-refractivity contribution >= 4 is 38.7 Å². The Labute approximate surface area is 96.7 Å². The van der Waals surface area contributed by atoms with Crippen LogP contribution in [0.1, 0.15) is 0 Å². The van der Waals surface area contributed by atoms with Crippen molar-refractivity contribution in [2.24, 2.45) is 0 Å². The van der Waals surface area contributed by atoms with Gasteiger partial charge in [0.15, 0.2) is 0 Å². The van der Waals surface area contributed by atoms with E-state index in [2.05, 4.69) is 0 Å². The van der Waals surface area contributed by atoms with E-state index in [9.17, 15) is 0 Å². The summed E-state index contributed by atoms with van der Waals surface area (Å²) >= 11 is 0. The molecule has 0 atom stereocenters. The molecule has 0 radical (unpaired) electrons. The zero-order valence-electron chi connectivity index (χ0n) is 5.80. The van der Waals surface area contributed by atoms with Crippen LogP contribution in [-0.4, -0.2) is 92.1 Å². The van der Waals surface area contributed by atoms with Crippen LogP contribution in [-0.2, 0) is 4.46 Å². The summed E-state index contributed by atoms with van der Waals surface area (Å²) in [5, 5.41) is 0. The molecular weight excluding hydrogens is 227 g/mol. The van der Waals surface area contributed by atoms with Crippen molar-refractivity contribution in [1.29, 1.82) is 0 Å². The van der Waals surface area contributed by atoms with Gasteiger partial charge in [-0.3, -0.25) is 4.46 Å². The minimum absolute atomic E-state index is 0. The Hall–Kier alpha value is 0.297. The first kappa shape index (κ1) is 185. The Morgan fingerprint density at radius 3 is 0.615 bits per heavy atom. The fourth-order valence-corrected chi connectivity index (χ4v) is 0. The molecule has 13 heteroatoms. The van der Waals surface area contributed by atoms with E-state index in [1.807, 2.05) is 0 Å². The molecule has 0 aliphatic heterocycles. The molecule has 0 amide bonds. The van der Waals surface area contributed by atoms with E-state index in [0.29, 0.717) is 0 Å². The molecule has 11 nitrogen and oxygen atoms in total. The van der Waals surface area contributed by atoms with Crippen LogP contribution in [0.4, 0.5) is 0 Å². The van der Waals surface area contributed by atoms with E-state index in [1.54, 1.807) is 0 Å². The van der Waals surface area contributed by atoms with Gasteiger partial charge in [-0.2, -0.15) is 0 Å². The molecule has 0 unspecified atom stereocenters. The number of hydrogen-bond donors (Lipinski definition) is 2. The third-order valence-electron chi connectivity index (χ3n) is 0. The monoisotopic (exact) mass is 246 g/mol. The van der Waals surface area contributed by atoms with E-state index in [4.69, 9.17) is 14.1 Å². The quantitative estimate of drug-likeness (QED) is 0.393. The van der Waals surface area contributed by atoms with Gasteiger partial charge in [-0.05, 0) is 0 Å². The minimum atomic E-state index is -3.13. The molecule has 0 heterocycles. The maximum absolute atomic E-state index is 8.74. The summed E-state index contributed by atoms with van der Waals surface area (Å²) in [6.07, 6.45) is 0. The molecule has 13 heavy (non-hydrogen) atoms. The standard InChI is InChI=1S/Na.H2O3Si.8H2O.H/c;1-4(2)3;;;;;;;;;/h;1-2H;8*1H2;. The molecule has 0 aromatic heterocycles. The van der Waals surface area contributed by atoms with Crippen LogP contribution in [0.3, 0.4) is 0 Å². The molecule has 0 aliphatic carbocycles. The van der Waals surface area contributed by atoms with Gasteiger partial charge in [0.05, 0.1) is 0 Å². The number of rotatable bonds is 0. The fourth-order valence-electron chi connectivity index (χ4n) is 0. The molecule has 0 bridgehead atoms. The third kappa shape index (κ3) is 14800. The summed E-state index contributed by atoms with van der Waals surface area (Å²) in [5.41, 5.74) is 0. The molecule has 0 saturated carbocycles. The second-order valence-corrected chi connectivity index (χ2v) is 0.848. The van der Waals surface area contributed by atoms with Crippen molar-refractivity contribution in [3.8, 4) is 0 Å². The molecule has 0 rings (SSSR count). The maximum atomic E-state index is 8.74. The predicted molar refractivity (Wildman–Crippen MR) is 46.9 cm³/mol. The summed E-state index contributed by atoms with van der Waals surface area (Å²) in [5.74, 6) is 0. The van der Waals surface area contributed by atoms with Crippen molar-refractivity contribution in [3.63, 3.8) is 0 Å². The van der Waals surface area contributed by atoms with Crippen LogP contribution in [0, 0.1) is 0 Å². The fraction of sp³-hybridized carbons (Fsp3) is 0. The Bertz CT molecular complexity index is 33.1. The van der Waals surface area contributed by atoms with E-state index in [-0.39, 0.29) is 73.4 Å². The first-order valence-electron chi connectivity index (χ1n) is 0.651. The van der Waals surface area contributed by atoms with Crippen LogP contribution in [0.25, 0.3) is 0 Å². The molecule has 0 aliphatic rings. The van der Waals surface area contributed by atoms with Crippen molar-refractivity contribution < 1.29 is 57.9 Å². The van der Waals surface area contributed by atoms with Gasteiger partial charge in [0, 0.05) is 0 Å². The summed E-state index contributed by atoms with van der Waals surface area (Å²) in [6, 6.07) is 0. The van der Waals surface area contributed by atoms with Crippen molar-refractivity contribution in [3.05, 3.63) is 0 Å². The van der Waals surface area contributed by atoms with Gasteiger partial charge in [0.1, 0.15) is 0 Å². The van der Waals surface area contributed by atoms with E-state index in [1.165, 1.54) is 0 Å². The molecule has 0 aromatic carbocycles. The second kappa shape index (κ2) is 144. The van der Waals surface area contributed by atoms with Gasteiger partial charge >= 0.3 is 38.7 Å². The van der Waals surface area contributed by atoms with Gasteiger partial charge in [-0.15, -0.1) is 0 Å². The molecular formula is H19NaO11Si. The summed E-state index contributed by atoms with van der Waals surface area (Å²) in [4.78, 5) is 14.3. The average Bonchev–Trinajstić information content (AvgIpc) is 0.811. The first-order chi connectivity index (χ1) is 1.73. The summed E-state index contributed by atoms with van der Waals surface area (Å²) in [6.45, 7) is 0. The first-order valence-corrected chi connectivity index (χ1v) is 1.95. The zero-order valence-corrected chi connectivity index (χ0v) is 6.80. The average molecular weight is 246 g/mol. The van der Waals surface area contributed by atoms with E-state index in [0.717, 1.165) is 0 Å². The van der Waals surface area contributed by atoms with Crippen molar-refractivity contribution in [2.45, 2.75) is 0 Å². The van der Waals surface area contributed by atoms with Gasteiger partial charge in [-0.1, -0.05) is 0 Å². The molecule has 0 fully saturated rings. The Morgan fingerprint density at radius 2 is 0.615 bits per heavy atom. The zero-order chi connectivity index (χ0) is 3.58. The predicted octanol–water partition coefficient (Wildman–Crippen LogP) is -8.86. The topological polar surface area (TPSA) is 310 Å². The Balaban J connectivity index is -0.00000000125. The third-order valence-corrected chi connectivity index (χ3v) is 0. The molecule has 0 spiro atoms. The number of hydrogen-bond acceptors (Lipinski definition) is 1. The van der Waals surface area contributed by atoms with E-state index < -0.39 is 9.17 Å². The van der Waals surface area contributed by atoms with Crippen molar-refractivity contribution in [1.82, 2.24) is 0 Å². The Kier molecular flexibility index (Phi) is 2050. The molecule has 0 aromatic rings. The molecule has 90 valence electrons. The summed E-state index contributed by atoms with van der Waals surface area (Å²) in [7, 11) is -3.13. The van der Waals surface area contributed by atoms with Gasteiger partial charge in [-0.25, -0.2) is 0 Å². The van der Waals surface area contributed by atoms with Crippen LogP contribution in [0.15, 0.2) is 0 Å². The van der Waals surface area contributed by atoms with E-state index >= 15 is 0 Å². The van der Waals surface area contributed by atoms with Crippen molar-refractivity contribution in [2.75, 3.05) is 0 Å². The van der Waals surface area contributed by atoms with Crippen LogP contribution in [0.5, 0.6) is 0 Å².